The summed E-state index contributed by atoms with van der Waals surface area (Å²) in [6.45, 7) is 0.598. The number of aromatic amines is 1. The molecule has 3 aromatic rings. The Hall–Kier alpha value is -5.81. The molecule has 6 atom stereocenters. The summed E-state index contributed by atoms with van der Waals surface area (Å²) >= 11 is 0. The fraction of sp³-hybridized carbons (Fsp3) is 0.543. The highest BCUT2D eigenvalue weighted by Crippen LogP contribution is 2.29. The number of aliphatic imine (C=N–C) groups is 1. The molecule has 6 rings (SSSR count). The fourth-order valence-electron chi connectivity index (χ4n) is 9.35. The van der Waals surface area contributed by atoms with E-state index in [1.165, 1.54) is 4.90 Å². The molecule has 0 radical (unpaired) electrons. The number of unbranched alkanes of at least 4 members (excludes halogenated alkanes) is 1. The summed E-state index contributed by atoms with van der Waals surface area (Å²) in [6.07, 6.45) is 9.02. The van der Waals surface area contributed by atoms with Crippen LogP contribution in [0.5, 0.6) is 0 Å². The standard InChI is InChI=1S/C46H65N11O6/c47-22-10-9-20-39-45(63)56-24-12-21-38(56)42(60)55-36(26-30-15-5-2-6-16-30)40(58)54-37(27-31-28-52-34-18-8-7-17-32(31)34)41(59)53-35(19-11-23-51-46(49)50)44(62)57(39)43(61)33(48)25-29-13-3-1-4-14-29/h1,3-4,7-8,13-14,17-18,28,30,33,35-39,52H,2,5-6,9-12,15-16,19-27,47-48H2,(H,53,59)(H,54,58)(H,55,60)(H4,49,50,51)/t33-,35+,36+,37-,38-,39-/m0/s1. The molecule has 1 saturated carbocycles. The van der Waals surface area contributed by atoms with Crippen LogP contribution in [0.3, 0.4) is 0 Å². The molecule has 0 bridgehead atoms. The Bertz CT molecular complexity index is 2080. The number of amides is 6. The summed E-state index contributed by atoms with van der Waals surface area (Å²) in [7, 11) is 0. The van der Waals surface area contributed by atoms with Crippen molar-refractivity contribution < 1.29 is 28.8 Å². The number of H-pyrrole nitrogens is 1. The van der Waals surface area contributed by atoms with Crippen LogP contribution in [0, 0.1) is 5.92 Å². The van der Waals surface area contributed by atoms with Gasteiger partial charge in [0.15, 0.2) is 5.96 Å². The maximum atomic E-state index is 15.3. The van der Waals surface area contributed by atoms with Gasteiger partial charge in [-0.05, 0) is 87.4 Å². The lowest BCUT2D eigenvalue weighted by molar-refractivity contribution is -0.158. The second kappa shape index (κ2) is 22.5. The second-order valence-corrected chi connectivity index (χ2v) is 17.3. The van der Waals surface area contributed by atoms with Gasteiger partial charge >= 0.3 is 0 Å². The zero-order valence-corrected chi connectivity index (χ0v) is 36.1. The number of nitrogens with one attached hydrogen (secondary N) is 4. The first-order valence-corrected chi connectivity index (χ1v) is 22.6. The van der Waals surface area contributed by atoms with Gasteiger partial charge in [0, 0.05) is 36.6 Å². The smallest absolute Gasteiger partial charge is 0.252 e. The third kappa shape index (κ3) is 12.2. The minimum atomic E-state index is -1.39. The van der Waals surface area contributed by atoms with Crippen LogP contribution in [0.2, 0.25) is 0 Å². The zero-order chi connectivity index (χ0) is 44.9. The average molecular weight is 868 g/mol. The highest BCUT2D eigenvalue weighted by atomic mass is 16.2. The Kier molecular flexibility index (Phi) is 16.7. The van der Waals surface area contributed by atoms with Crippen LogP contribution in [0.1, 0.15) is 94.6 Å². The molecule has 63 heavy (non-hydrogen) atoms. The number of benzene rings is 2. The normalized spacial score (nSPS) is 23.6. The largest absolute Gasteiger partial charge is 0.370 e. The lowest BCUT2D eigenvalue weighted by atomic mass is 9.84. The Labute approximate surface area is 368 Å². The number of nitrogens with two attached hydrogens (primary N) is 4. The number of imide groups is 1. The number of carbonyl (C=O) groups excluding carboxylic acids is 6. The van der Waals surface area contributed by atoms with E-state index in [0.717, 1.165) is 59.0 Å². The molecule has 3 fully saturated rings. The molecule has 2 aromatic carbocycles. The second-order valence-electron chi connectivity index (χ2n) is 17.3. The number of rotatable bonds is 15. The topological polar surface area (TPSA) is 277 Å². The van der Waals surface area contributed by atoms with Crippen molar-refractivity contribution in [3.63, 3.8) is 0 Å². The van der Waals surface area contributed by atoms with Gasteiger partial charge < -0.3 is 48.8 Å². The number of hydrogen-bond acceptors (Lipinski definition) is 9. The van der Waals surface area contributed by atoms with Gasteiger partial charge in [-0.25, -0.2) is 0 Å². The first-order valence-electron chi connectivity index (χ1n) is 22.6. The molecular formula is C46H65N11O6. The summed E-state index contributed by atoms with van der Waals surface area (Å²) in [5.41, 5.74) is 26.1. The third-order valence-corrected chi connectivity index (χ3v) is 12.7. The Balaban J connectivity index is 1.46. The SMILES string of the molecule is NCCCC[C@H]1C(=O)N2CCC[C@H]2C(=O)N[C@H](CC2CCCCC2)C(=O)N[C@@H](Cc2c[nH]c3ccccc23)C(=O)N[C@H](CCCN=C(N)N)C(=O)N1C(=O)[C@@H](N)Cc1ccccc1. The molecule has 17 heteroatoms. The van der Waals surface area contributed by atoms with Gasteiger partial charge in [0.05, 0.1) is 6.04 Å². The summed E-state index contributed by atoms with van der Waals surface area (Å²) < 4.78 is 0. The predicted octanol–water partition coefficient (Wildman–Crippen LogP) is 1.62. The summed E-state index contributed by atoms with van der Waals surface area (Å²) in [4.78, 5) is 98.8. The van der Waals surface area contributed by atoms with Crippen LogP contribution in [0.4, 0.5) is 0 Å². The third-order valence-electron chi connectivity index (χ3n) is 12.7. The highest BCUT2D eigenvalue weighted by Gasteiger charge is 2.46. The minimum absolute atomic E-state index is 0.0296. The number of fused-ring (bicyclic) bond motifs is 2. The van der Waals surface area contributed by atoms with Gasteiger partial charge in [-0.2, -0.15) is 0 Å². The summed E-state index contributed by atoms with van der Waals surface area (Å²) in [5.74, 6) is -3.99. The van der Waals surface area contributed by atoms with E-state index in [1.807, 2.05) is 54.6 Å². The molecule has 0 spiro atoms. The van der Waals surface area contributed by atoms with Crippen molar-refractivity contribution in [2.24, 2.45) is 33.8 Å². The van der Waals surface area contributed by atoms with Crippen molar-refractivity contribution in [1.29, 1.82) is 0 Å². The van der Waals surface area contributed by atoms with Crippen molar-refractivity contribution in [2.45, 2.75) is 133 Å². The van der Waals surface area contributed by atoms with E-state index < -0.39 is 71.7 Å². The van der Waals surface area contributed by atoms with Crippen molar-refractivity contribution in [3.05, 3.63) is 71.9 Å². The molecule has 3 heterocycles. The number of guanidine groups is 1. The lowest BCUT2D eigenvalue weighted by Gasteiger charge is -2.37. The van der Waals surface area contributed by atoms with Gasteiger partial charge in [0.1, 0.15) is 30.2 Å². The summed E-state index contributed by atoms with van der Waals surface area (Å²) in [5, 5.41) is 9.71. The number of para-hydroxylation sites is 1. The molecule has 2 saturated heterocycles. The van der Waals surface area contributed by atoms with Crippen LogP contribution in [-0.2, 0) is 41.6 Å². The highest BCUT2D eigenvalue weighted by molar-refractivity contribution is 6.06. The molecule has 1 aromatic heterocycles. The van der Waals surface area contributed by atoms with Gasteiger partial charge in [-0.1, -0.05) is 80.6 Å². The van der Waals surface area contributed by atoms with E-state index in [4.69, 9.17) is 22.9 Å². The Morgan fingerprint density at radius 3 is 2.21 bits per heavy atom. The van der Waals surface area contributed by atoms with E-state index in [0.29, 0.717) is 38.6 Å². The zero-order valence-electron chi connectivity index (χ0n) is 36.1. The Morgan fingerprint density at radius 2 is 1.46 bits per heavy atom. The van der Waals surface area contributed by atoms with Crippen molar-refractivity contribution >= 4 is 52.3 Å². The van der Waals surface area contributed by atoms with Gasteiger partial charge in [0.25, 0.3) is 5.91 Å². The van der Waals surface area contributed by atoms with Gasteiger partial charge in [-0.15, -0.1) is 0 Å². The quantitative estimate of drug-likeness (QED) is 0.0621. The molecular weight excluding hydrogens is 803 g/mol. The number of carbonyl (C=O) groups is 6. The Morgan fingerprint density at radius 1 is 0.762 bits per heavy atom. The van der Waals surface area contributed by atoms with Crippen LogP contribution in [0.25, 0.3) is 10.9 Å². The van der Waals surface area contributed by atoms with E-state index in [2.05, 4.69) is 25.9 Å². The predicted molar refractivity (Wildman–Crippen MR) is 240 cm³/mol. The first kappa shape index (κ1) is 46.7. The van der Waals surface area contributed by atoms with E-state index in [9.17, 15) is 19.2 Å². The first-order chi connectivity index (χ1) is 30.4. The van der Waals surface area contributed by atoms with E-state index >= 15 is 9.59 Å². The molecule has 17 nitrogen and oxygen atoms in total. The number of aromatic nitrogens is 1. The van der Waals surface area contributed by atoms with Gasteiger partial charge in [0.2, 0.25) is 29.5 Å². The molecule has 2 aliphatic heterocycles. The summed E-state index contributed by atoms with van der Waals surface area (Å²) in [6, 6.07) is 9.44. The van der Waals surface area contributed by atoms with Crippen molar-refractivity contribution in [1.82, 2.24) is 30.7 Å². The van der Waals surface area contributed by atoms with Crippen LogP contribution < -0.4 is 38.9 Å². The molecule has 1 aliphatic carbocycles. The number of hydrogen-bond donors (Lipinski definition) is 8. The maximum absolute atomic E-state index is 15.3. The fourth-order valence-corrected chi connectivity index (χ4v) is 9.35. The van der Waals surface area contributed by atoms with Crippen molar-refractivity contribution in [3.8, 4) is 0 Å². The van der Waals surface area contributed by atoms with Crippen LogP contribution in [-0.4, -0.2) is 112 Å². The number of nitrogens with zero attached hydrogens (tertiary/aromatic N) is 3. The van der Waals surface area contributed by atoms with E-state index in [-0.39, 0.29) is 57.1 Å². The molecule has 12 N–H and O–H groups in total. The molecule has 0 unspecified atom stereocenters. The monoisotopic (exact) mass is 868 g/mol. The molecule has 6 amide bonds. The van der Waals surface area contributed by atoms with E-state index in [1.54, 1.807) is 6.20 Å². The average Bonchev–Trinajstić information content (AvgIpc) is 3.94. The molecule has 340 valence electrons. The minimum Gasteiger partial charge on any atom is -0.370 e. The lowest BCUT2D eigenvalue weighted by Crippen LogP contribution is -2.63. The van der Waals surface area contributed by atoms with Crippen molar-refractivity contribution in [2.75, 3.05) is 19.6 Å². The van der Waals surface area contributed by atoms with Crippen LogP contribution in [0.15, 0.2) is 65.8 Å². The maximum Gasteiger partial charge on any atom is 0.252 e. The molecule has 3 aliphatic rings. The van der Waals surface area contributed by atoms with Gasteiger partial charge in [-0.3, -0.25) is 38.7 Å². The van der Waals surface area contributed by atoms with Crippen LogP contribution >= 0.6 is 0 Å².